The molecule has 1 amide bonds. The van der Waals surface area contributed by atoms with Crippen LogP contribution in [0.2, 0.25) is 0 Å². The number of methoxy groups -OCH3 is 1. The minimum absolute atomic E-state index is 0.288. The van der Waals surface area contributed by atoms with Gasteiger partial charge in [-0.1, -0.05) is 18.2 Å². The van der Waals surface area contributed by atoms with Gasteiger partial charge < -0.3 is 10.1 Å². The van der Waals surface area contributed by atoms with Gasteiger partial charge in [0, 0.05) is 6.08 Å². The molecular formula is C18H16F3NO2. The number of rotatable bonds is 4. The van der Waals surface area contributed by atoms with Gasteiger partial charge in [0.15, 0.2) is 0 Å². The summed E-state index contributed by atoms with van der Waals surface area (Å²) in [5, 5.41) is 2.64. The molecule has 2 rings (SSSR count). The number of halogens is 3. The lowest BCUT2D eigenvalue weighted by Gasteiger charge is -2.09. The second kappa shape index (κ2) is 7.21. The van der Waals surface area contributed by atoms with E-state index in [1.54, 1.807) is 12.1 Å². The summed E-state index contributed by atoms with van der Waals surface area (Å²) < 4.78 is 43.1. The van der Waals surface area contributed by atoms with Gasteiger partial charge in [-0.3, -0.25) is 4.79 Å². The Kier molecular flexibility index (Phi) is 5.28. The summed E-state index contributed by atoms with van der Waals surface area (Å²) in [7, 11) is 1.48. The highest BCUT2D eigenvalue weighted by atomic mass is 19.4. The van der Waals surface area contributed by atoms with Crippen molar-refractivity contribution in [3.63, 3.8) is 0 Å². The van der Waals surface area contributed by atoms with Crippen LogP contribution in [0.5, 0.6) is 5.75 Å². The summed E-state index contributed by atoms with van der Waals surface area (Å²) in [6.45, 7) is 1.87. The third kappa shape index (κ3) is 4.62. The smallest absolute Gasteiger partial charge is 0.416 e. The molecule has 2 aromatic carbocycles. The summed E-state index contributed by atoms with van der Waals surface area (Å²) in [6.07, 6.45) is -1.91. The summed E-state index contributed by atoms with van der Waals surface area (Å²) in [4.78, 5) is 12.0. The third-order valence-electron chi connectivity index (χ3n) is 3.25. The number of ether oxygens (including phenoxy) is 1. The molecule has 3 nitrogen and oxygen atoms in total. The fourth-order valence-corrected chi connectivity index (χ4v) is 2.08. The molecule has 0 bridgehead atoms. The van der Waals surface area contributed by atoms with Gasteiger partial charge in [0.2, 0.25) is 5.91 Å². The van der Waals surface area contributed by atoms with Gasteiger partial charge in [0.25, 0.3) is 0 Å². The van der Waals surface area contributed by atoms with Crippen molar-refractivity contribution in [2.45, 2.75) is 13.1 Å². The molecule has 0 heterocycles. The van der Waals surface area contributed by atoms with Gasteiger partial charge in [-0.25, -0.2) is 0 Å². The van der Waals surface area contributed by atoms with Crippen molar-refractivity contribution in [3.05, 3.63) is 65.2 Å². The average Bonchev–Trinajstić information content (AvgIpc) is 2.53. The second-order valence-corrected chi connectivity index (χ2v) is 5.15. The Hall–Kier alpha value is -2.76. The Bertz CT molecular complexity index is 767. The number of anilines is 1. The second-order valence-electron chi connectivity index (χ2n) is 5.15. The number of aryl methyl sites for hydroxylation is 1. The molecule has 2 aromatic rings. The minimum Gasteiger partial charge on any atom is -0.495 e. The lowest BCUT2D eigenvalue weighted by atomic mass is 10.1. The van der Waals surface area contributed by atoms with Crippen LogP contribution in [0.15, 0.2) is 48.5 Å². The summed E-state index contributed by atoms with van der Waals surface area (Å²) >= 11 is 0. The van der Waals surface area contributed by atoms with Gasteiger partial charge in [0.05, 0.1) is 18.4 Å². The minimum atomic E-state index is -4.42. The van der Waals surface area contributed by atoms with Crippen LogP contribution in [0.1, 0.15) is 16.7 Å². The van der Waals surface area contributed by atoms with E-state index in [-0.39, 0.29) is 5.56 Å². The highest BCUT2D eigenvalue weighted by Crippen LogP contribution is 2.30. The molecule has 0 fully saturated rings. The number of carbonyl (C=O) groups is 1. The molecule has 0 atom stereocenters. The fraction of sp³-hybridized carbons (Fsp3) is 0.167. The van der Waals surface area contributed by atoms with Crippen LogP contribution in [0, 0.1) is 6.92 Å². The van der Waals surface area contributed by atoms with E-state index in [2.05, 4.69) is 5.32 Å². The molecule has 0 aliphatic carbocycles. The van der Waals surface area contributed by atoms with Crippen LogP contribution in [-0.2, 0) is 11.0 Å². The van der Waals surface area contributed by atoms with Crippen LogP contribution in [0.4, 0.5) is 18.9 Å². The predicted octanol–water partition coefficient (Wildman–Crippen LogP) is 4.67. The van der Waals surface area contributed by atoms with Crippen LogP contribution in [-0.4, -0.2) is 13.0 Å². The highest BCUT2D eigenvalue weighted by molar-refractivity contribution is 6.02. The van der Waals surface area contributed by atoms with E-state index in [0.717, 1.165) is 17.7 Å². The first-order chi connectivity index (χ1) is 11.3. The Morgan fingerprint density at radius 1 is 1.17 bits per heavy atom. The van der Waals surface area contributed by atoms with Crippen molar-refractivity contribution >= 4 is 17.7 Å². The van der Waals surface area contributed by atoms with Crippen molar-refractivity contribution in [3.8, 4) is 5.75 Å². The number of amides is 1. The molecule has 0 aromatic heterocycles. The average molecular weight is 335 g/mol. The molecule has 0 unspecified atom stereocenters. The number of hydrogen-bond acceptors (Lipinski definition) is 2. The molecule has 0 spiro atoms. The Labute approximate surface area is 137 Å². The third-order valence-corrected chi connectivity index (χ3v) is 3.25. The van der Waals surface area contributed by atoms with Crippen molar-refractivity contribution < 1.29 is 22.7 Å². The van der Waals surface area contributed by atoms with E-state index in [0.29, 0.717) is 11.4 Å². The quantitative estimate of drug-likeness (QED) is 0.824. The van der Waals surface area contributed by atoms with Gasteiger partial charge in [0.1, 0.15) is 5.75 Å². The maximum Gasteiger partial charge on any atom is 0.416 e. The first-order valence-electron chi connectivity index (χ1n) is 7.10. The lowest BCUT2D eigenvalue weighted by Crippen LogP contribution is -2.09. The highest BCUT2D eigenvalue weighted by Gasteiger charge is 2.30. The predicted molar refractivity (Wildman–Crippen MR) is 86.8 cm³/mol. The fourth-order valence-electron chi connectivity index (χ4n) is 2.08. The number of alkyl halides is 3. The van der Waals surface area contributed by atoms with Crippen LogP contribution >= 0.6 is 0 Å². The van der Waals surface area contributed by atoms with Gasteiger partial charge >= 0.3 is 6.18 Å². The summed E-state index contributed by atoms with van der Waals surface area (Å²) in [5.41, 5.74) is 0.964. The van der Waals surface area contributed by atoms with E-state index in [9.17, 15) is 18.0 Å². The largest absolute Gasteiger partial charge is 0.495 e. The topological polar surface area (TPSA) is 38.3 Å². The van der Waals surface area contributed by atoms with E-state index < -0.39 is 17.6 Å². The van der Waals surface area contributed by atoms with Crippen molar-refractivity contribution in [2.75, 3.05) is 12.4 Å². The first kappa shape index (κ1) is 17.6. The van der Waals surface area contributed by atoms with Crippen molar-refractivity contribution in [1.29, 1.82) is 0 Å². The Balaban J connectivity index is 2.13. The van der Waals surface area contributed by atoms with Crippen LogP contribution in [0.3, 0.4) is 0 Å². The zero-order valence-electron chi connectivity index (χ0n) is 13.1. The molecule has 0 aliphatic heterocycles. The zero-order chi connectivity index (χ0) is 17.7. The molecular weight excluding hydrogens is 319 g/mol. The number of nitrogens with one attached hydrogen (secondary N) is 1. The lowest BCUT2D eigenvalue weighted by molar-refractivity contribution is -0.137. The van der Waals surface area contributed by atoms with E-state index >= 15 is 0 Å². The normalized spacial score (nSPS) is 11.5. The van der Waals surface area contributed by atoms with E-state index in [1.165, 1.54) is 31.4 Å². The SMILES string of the molecule is COc1ccc(C)cc1NC(=O)/C=C/c1cccc(C(F)(F)F)c1. The van der Waals surface area contributed by atoms with Gasteiger partial charge in [-0.15, -0.1) is 0 Å². The number of carbonyl (C=O) groups excluding carboxylic acids is 1. The monoisotopic (exact) mass is 335 g/mol. The van der Waals surface area contributed by atoms with Crippen molar-refractivity contribution in [2.24, 2.45) is 0 Å². The van der Waals surface area contributed by atoms with Crippen molar-refractivity contribution in [1.82, 2.24) is 0 Å². The maximum absolute atomic E-state index is 12.7. The van der Waals surface area contributed by atoms with Crippen LogP contribution < -0.4 is 10.1 Å². The molecule has 1 N–H and O–H groups in total. The van der Waals surface area contributed by atoms with E-state index in [1.807, 2.05) is 13.0 Å². The van der Waals surface area contributed by atoms with E-state index in [4.69, 9.17) is 4.74 Å². The molecule has 126 valence electrons. The molecule has 6 heteroatoms. The molecule has 0 radical (unpaired) electrons. The number of hydrogen-bond donors (Lipinski definition) is 1. The van der Waals surface area contributed by atoms with Gasteiger partial charge in [-0.2, -0.15) is 13.2 Å². The number of benzene rings is 2. The molecule has 0 saturated heterocycles. The Morgan fingerprint density at radius 2 is 1.92 bits per heavy atom. The standard InChI is InChI=1S/C18H16F3NO2/c1-12-6-8-16(24-2)15(10-12)22-17(23)9-7-13-4-3-5-14(11-13)18(19,20)21/h3-11H,1-2H3,(H,22,23)/b9-7+. The maximum atomic E-state index is 12.7. The van der Waals surface area contributed by atoms with Crippen LogP contribution in [0.25, 0.3) is 6.08 Å². The molecule has 0 aliphatic rings. The summed E-state index contributed by atoms with van der Waals surface area (Å²) in [6, 6.07) is 10.1. The van der Waals surface area contributed by atoms with Gasteiger partial charge in [-0.05, 0) is 48.4 Å². The zero-order valence-corrected chi connectivity index (χ0v) is 13.1. The molecule has 0 saturated carbocycles. The molecule has 24 heavy (non-hydrogen) atoms. The first-order valence-corrected chi connectivity index (χ1v) is 7.10. The summed E-state index contributed by atoms with van der Waals surface area (Å²) in [5.74, 6) is 0.0396. The Morgan fingerprint density at radius 3 is 2.58 bits per heavy atom.